The van der Waals surface area contributed by atoms with Crippen molar-refractivity contribution in [2.75, 3.05) is 6.54 Å². The van der Waals surface area contributed by atoms with Gasteiger partial charge >= 0.3 is 0 Å². The van der Waals surface area contributed by atoms with Crippen LogP contribution in [0.15, 0.2) is 0 Å². The maximum Gasteiger partial charge on any atom is 0.0676 e. The van der Waals surface area contributed by atoms with Gasteiger partial charge in [0, 0.05) is 0 Å². The fourth-order valence-corrected chi connectivity index (χ4v) is 1.63. The predicted molar refractivity (Wildman–Crippen MR) is 42.0 cm³/mol. The highest BCUT2D eigenvalue weighted by molar-refractivity contribution is 7.97. The van der Waals surface area contributed by atoms with Gasteiger partial charge in [0.25, 0.3) is 0 Å². The normalized spacial score (nSPS) is 29.7. The zero-order valence-corrected chi connectivity index (χ0v) is 6.41. The van der Waals surface area contributed by atoms with Gasteiger partial charge in [-0.25, -0.2) is 0 Å². The van der Waals surface area contributed by atoms with Gasteiger partial charge in [0.1, 0.15) is 0 Å². The number of nitrogens with one attached hydrogen (secondary N) is 1. The van der Waals surface area contributed by atoms with Crippen LogP contribution in [0.3, 0.4) is 0 Å². The van der Waals surface area contributed by atoms with Crippen LogP contribution in [0.4, 0.5) is 0 Å². The Bertz CT molecular complexity index is 69.5. The van der Waals surface area contributed by atoms with Crippen LogP contribution in [0.5, 0.6) is 0 Å². The molecule has 0 saturated carbocycles. The average Bonchev–Trinajstić information content (AvgIpc) is 2.13. The van der Waals surface area contributed by atoms with Crippen LogP contribution < -0.4 is 10.5 Å². The van der Waals surface area contributed by atoms with E-state index in [4.69, 9.17) is 5.14 Å². The molecule has 1 rings (SSSR count). The van der Waals surface area contributed by atoms with Crippen molar-refractivity contribution in [3.63, 3.8) is 0 Å². The van der Waals surface area contributed by atoms with Crippen molar-refractivity contribution >= 4 is 11.9 Å². The first-order valence-electron chi connectivity index (χ1n) is 3.52. The fourth-order valence-electron chi connectivity index (χ4n) is 1.11. The molecule has 0 aliphatic carbocycles. The van der Waals surface area contributed by atoms with E-state index in [2.05, 4.69) is 5.32 Å². The fraction of sp³-hybridized carbons (Fsp3) is 1.00. The van der Waals surface area contributed by atoms with E-state index in [1.807, 2.05) is 0 Å². The molecular formula is C6H14N2S. The van der Waals surface area contributed by atoms with Gasteiger partial charge in [-0.3, -0.25) is 5.14 Å². The lowest BCUT2D eigenvalue weighted by Crippen LogP contribution is -2.26. The molecule has 2 nitrogen and oxygen atoms in total. The minimum absolute atomic E-state index is 0.521. The van der Waals surface area contributed by atoms with Gasteiger partial charge in [-0.1, -0.05) is 24.8 Å². The van der Waals surface area contributed by atoms with Crippen molar-refractivity contribution in [2.24, 2.45) is 5.14 Å². The summed E-state index contributed by atoms with van der Waals surface area (Å²) >= 11 is 1.45. The minimum Gasteiger partial charge on any atom is -0.304 e. The lowest BCUT2D eigenvalue weighted by Gasteiger charge is -2.10. The van der Waals surface area contributed by atoms with Crippen LogP contribution in [0, 0.1) is 0 Å². The predicted octanol–water partition coefficient (Wildman–Crippen LogP) is 1.08. The first-order chi connectivity index (χ1) is 4.43. The van der Waals surface area contributed by atoms with Crippen molar-refractivity contribution in [3.05, 3.63) is 0 Å². The highest BCUT2D eigenvalue weighted by Gasteiger charge is 2.08. The molecule has 1 aliphatic rings. The summed E-state index contributed by atoms with van der Waals surface area (Å²) in [6.07, 6.45) is 5.25. The maximum atomic E-state index is 5.43. The molecular weight excluding hydrogens is 132 g/mol. The molecule has 1 saturated heterocycles. The number of rotatable bonds is 1. The van der Waals surface area contributed by atoms with Crippen molar-refractivity contribution in [1.29, 1.82) is 0 Å². The molecule has 3 heteroatoms. The average molecular weight is 146 g/mol. The van der Waals surface area contributed by atoms with Crippen LogP contribution in [0.1, 0.15) is 25.7 Å². The van der Waals surface area contributed by atoms with Crippen LogP contribution in [-0.2, 0) is 0 Å². The zero-order chi connectivity index (χ0) is 6.53. The standard InChI is InChI=1S/C6H14N2S/c7-9-6-4-2-1-3-5-8-6/h6,8H,1-5,7H2. The second-order valence-corrected chi connectivity index (χ2v) is 3.27. The van der Waals surface area contributed by atoms with E-state index < -0.39 is 0 Å². The van der Waals surface area contributed by atoms with E-state index in [0.717, 1.165) is 6.54 Å². The summed E-state index contributed by atoms with van der Waals surface area (Å²) in [6, 6.07) is 0. The van der Waals surface area contributed by atoms with Gasteiger partial charge in [-0.2, -0.15) is 0 Å². The smallest absolute Gasteiger partial charge is 0.0676 e. The van der Waals surface area contributed by atoms with E-state index in [9.17, 15) is 0 Å². The molecule has 0 aromatic heterocycles. The molecule has 3 N–H and O–H groups in total. The summed E-state index contributed by atoms with van der Waals surface area (Å²) in [4.78, 5) is 0. The molecule has 54 valence electrons. The van der Waals surface area contributed by atoms with Gasteiger partial charge in [0.15, 0.2) is 0 Å². The van der Waals surface area contributed by atoms with E-state index in [0.29, 0.717) is 5.37 Å². The summed E-state index contributed by atoms with van der Waals surface area (Å²) in [5.41, 5.74) is 0. The first kappa shape index (κ1) is 7.38. The molecule has 1 aliphatic heterocycles. The van der Waals surface area contributed by atoms with E-state index in [-0.39, 0.29) is 0 Å². The third kappa shape index (κ3) is 2.56. The van der Waals surface area contributed by atoms with Crippen molar-refractivity contribution in [2.45, 2.75) is 31.1 Å². The van der Waals surface area contributed by atoms with E-state index >= 15 is 0 Å². The second-order valence-electron chi connectivity index (χ2n) is 2.43. The quantitative estimate of drug-likeness (QED) is 0.544. The topological polar surface area (TPSA) is 38.0 Å². The van der Waals surface area contributed by atoms with E-state index in [1.165, 1.54) is 37.6 Å². The number of nitrogens with two attached hydrogens (primary N) is 1. The van der Waals surface area contributed by atoms with Crippen LogP contribution >= 0.6 is 11.9 Å². The Kier molecular flexibility index (Phi) is 3.40. The number of hydrogen-bond acceptors (Lipinski definition) is 3. The van der Waals surface area contributed by atoms with Crippen LogP contribution in [0.25, 0.3) is 0 Å². The van der Waals surface area contributed by atoms with Gasteiger partial charge in [-0.15, -0.1) is 0 Å². The minimum atomic E-state index is 0.521. The largest absolute Gasteiger partial charge is 0.304 e. The SMILES string of the molecule is NSC1CCCCCN1. The lowest BCUT2D eigenvalue weighted by atomic mass is 10.2. The highest BCUT2D eigenvalue weighted by Crippen LogP contribution is 2.13. The molecule has 9 heavy (non-hydrogen) atoms. The monoisotopic (exact) mass is 146 g/mol. The Morgan fingerprint density at radius 2 is 2.22 bits per heavy atom. The van der Waals surface area contributed by atoms with Gasteiger partial charge in [0.05, 0.1) is 5.37 Å². The third-order valence-corrected chi connectivity index (χ3v) is 2.41. The third-order valence-electron chi connectivity index (χ3n) is 1.68. The summed E-state index contributed by atoms with van der Waals surface area (Å²) in [5.74, 6) is 0. The Morgan fingerprint density at radius 3 is 3.00 bits per heavy atom. The van der Waals surface area contributed by atoms with Crippen LogP contribution in [0.2, 0.25) is 0 Å². The summed E-state index contributed by atoms with van der Waals surface area (Å²) < 4.78 is 0. The van der Waals surface area contributed by atoms with Gasteiger partial charge in [-0.05, 0) is 19.4 Å². The summed E-state index contributed by atoms with van der Waals surface area (Å²) in [6.45, 7) is 1.15. The zero-order valence-electron chi connectivity index (χ0n) is 5.60. The maximum absolute atomic E-state index is 5.43. The molecule has 0 radical (unpaired) electrons. The Labute approximate surface area is 60.7 Å². The molecule has 0 aromatic carbocycles. The molecule has 1 heterocycles. The van der Waals surface area contributed by atoms with Crippen molar-refractivity contribution in [1.82, 2.24) is 5.32 Å². The molecule has 0 amide bonds. The highest BCUT2D eigenvalue weighted by atomic mass is 32.2. The molecule has 1 unspecified atom stereocenters. The molecule has 1 fully saturated rings. The Morgan fingerprint density at radius 1 is 1.33 bits per heavy atom. The molecule has 0 spiro atoms. The first-order valence-corrected chi connectivity index (χ1v) is 4.46. The summed E-state index contributed by atoms with van der Waals surface area (Å²) in [7, 11) is 0. The Hall–Kier alpha value is 0.270. The molecule has 1 atom stereocenters. The van der Waals surface area contributed by atoms with Crippen molar-refractivity contribution in [3.8, 4) is 0 Å². The Balaban J connectivity index is 2.18. The lowest BCUT2D eigenvalue weighted by molar-refractivity contribution is 0.658. The van der Waals surface area contributed by atoms with Crippen LogP contribution in [-0.4, -0.2) is 11.9 Å². The number of hydrogen-bond donors (Lipinski definition) is 2. The summed E-state index contributed by atoms with van der Waals surface area (Å²) in [5, 5.41) is 9.32. The van der Waals surface area contributed by atoms with Gasteiger partial charge in [0.2, 0.25) is 0 Å². The van der Waals surface area contributed by atoms with Gasteiger partial charge < -0.3 is 5.32 Å². The van der Waals surface area contributed by atoms with Crippen molar-refractivity contribution < 1.29 is 0 Å². The second kappa shape index (κ2) is 4.14. The molecule has 0 bridgehead atoms. The molecule has 0 aromatic rings. The van der Waals surface area contributed by atoms with E-state index in [1.54, 1.807) is 0 Å².